The van der Waals surface area contributed by atoms with Gasteiger partial charge in [0.1, 0.15) is 11.4 Å². The molecule has 0 unspecified atom stereocenters. The summed E-state index contributed by atoms with van der Waals surface area (Å²) in [7, 11) is 0. The highest BCUT2D eigenvalue weighted by atomic mass is 16.6. The molecular formula is C21H33N3O2. The molecule has 0 N–H and O–H groups in total. The molecule has 1 aliphatic heterocycles. The summed E-state index contributed by atoms with van der Waals surface area (Å²) >= 11 is 0. The molecule has 3 rings (SSSR count). The van der Waals surface area contributed by atoms with Crippen LogP contribution in [0.5, 0.6) is 0 Å². The summed E-state index contributed by atoms with van der Waals surface area (Å²) in [6.45, 7) is 11.3. The molecule has 5 nitrogen and oxygen atoms in total. The molecule has 0 bridgehead atoms. The minimum Gasteiger partial charge on any atom is -0.443 e. The number of anilines is 1. The van der Waals surface area contributed by atoms with Gasteiger partial charge in [0.05, 0.1) is 0 Å². The van der Waals surface area contributed by atoms with Crippen molar-refractivity contribution in [1.82, 2.24) is 9.88 Å². The zero-order valence-corrected chi connectivity index (χ0v) is 16.9. The largest absolute Gasteiger partial charge is 0.443 e. The molecule has 2 heterocycles. The Kier molecular flexibility index (Phi) is 5.56. The third kappa shape index (κ3) is 4.37. The maximum absolute atomic E-state index is 12.9. The first-order valence-corrected chi connectivity index (χ1v) is 10.0. The van der Waals surface area contributed by atoms with E-state index < -0.39 is 5.60 Å². The van der Waals surface area contributed by atoms with Gasteiger partial charge in [0.2, 0.25) is 0 Å². The Labute approximate surface area is 157 Å². The molecule has 144 valence electrons. The highest BCUT2D eigenvalue weighted by molar-refractivity contribution is 5.89. The number of rotatable bonds is 4. The van der Waals surface area contributed by atoms with Crippen LogP contribution in [-0.2, 0) is 4.74 Å². The molecule has 0 spiro atoms. The number of nitrogens with zero attached hydrogens (tertiary/aromatic N) is 3. The molecule has 0 aromatic carbocycles. The van der Waals surface area contributed by atoms with Crippen molar-refractivity contribution in [3.05, 3.63) is 23.9 Å². The molecule has 2 fully saturated rings. The predicted molar refractivity (Wildman–Crippen MR) is 104 cm³/mol. The first-order valence-electron chi connectivity index (χ1n) is 10.0. The smallest absolute Gasteiger partial charge is 0.416 e. The fraction of sp³-hybridized carbons (Fsp3) is 0.714. The average Bonchev–Trinajstić information content (AvgIpc) is 3.39. The maximum Gasteiger partial charge on any atom is 0.416 e. The molecule has 1 saturated carbocycles. The maximum atomic E-state index is 12.9. The predicted octanol–water partition coefficient (Wildman–Crippen LogP) is 4.92. The summed E-state index contributed by atoms with van der Waals surface area (Å²) in [6.07, 6.45) is 7.14. The van der Waals surface area contributed by atoms with Crippen LogP contribution in [0, 0.1) is 0 Å². The number of likely N-dealkylation sites (tertiary alicyclic amines) is 1. The van der Waals surface area contributed by atoms with Crippen molar-refractivity contribution >= 4 is 11.9 Å². The van der Waals surface area contributed by atoms with Gasteiger partial charge in [-0.15, -0.1) is 0 Å². The lowest BCUT2D eigenvalue weighted by molar-refractivity contribution is 0.0574. The van der Waals surface area contributed by atoms with Crippen LogP contribution in [0.1, 0.15) is 78.3 Å². The van der Waals surface area contributed by atoms with Gasteiger partial charge in [-0.3, -0.25) is 9.80 Å². The van der Waals surface area contributed by atoms with Gasteiger partial charge in [0, 0.05) is 29.9 Å². The summed E-state index contributed by atoms with van der Waals surface area (Å²) in [4.78, 5) is 22.0. The molecule has 1 saturated heterocycles. The highest BCUT2D eigenvalue weighted by Gasteiger charge is 2.40. The Balaban J connectivity index is 1.95. The Bertz CT molecular complexity index is 634. The molecule has 1 amide bonds. The zero-order chi connectivity index (χ0) is 18.9. The van der Waals surface area contributed by atoms with E-state index in [2.05, 4.69) is 29.8 Å². The first-order chi connectivity index (χ1) is 12.3. The average molecular weight is 360 g/mol. The third-order valence-corrected chi connectivity index (χ3v) is 5.11. The quantitative estimate of drug-likeness (QED) is 0.765. The van der Waals surface area contributed by atoms with Crippen molar-refractivity contribution in [3.8, 4) is 0 Å². The number of hydrogen-bond donors (Lipinski definition) is 0. The fourth-order valence-corrected chi connectivity index (χ4v) is 3.83. The molecule has 5 heteroatoms. The number of hydrogen-bond acceptors (Lipinski definition) is 4. The number of ether oxygens (including phenoxy) is 1. The molecule has 2 aliphatic rings. The summed E-state index contributed by atoms with van der Waals surface area (Å²) in [5.41, 5.74) is 0.659. The Morgan fingerprint density at radius 2 is 2.00 bits per heavy atom. The first kappa shape index (κ1) is 19.2. The van der Waals surface area contributed by atoms with E-state index in [9.17, 15) is 4.79 Å². The Morgan fingerprint density at radius 3 is 2.62 bits per heavy atom. The standard InChI is InChI=1S/C21H33N3O2/c1-15(2)23-14-7-6-10-18(23)17-9-8-13-22-19(17)24(16-11-12-16)20(25)26-21(3,4)5/h8-9,13,15-16,18H,6-7,10-12,14H2,1-5H3/t18-/m0/s1. The second-order valence-electron chi connectivity index (χ2n) is 8.84. The van der Waals surface area contributed by atoms with E-state index in [0.717, 1.165) is 31.6 Å². The topological polar surface area (TPSA) is 45.7 Å². The van der Waals surface area contributed by atoms with Crippen LogP contribution in [0.4, 0.5) is 10.6 Å². The van der Waals surface area contributed by atoms with E-state index in [1.807, 2.05) is 31.7 Å². The molecule has 1 aromatic rings. The van der Waals surface area contributed by atoms with Gasteiger partial charge in [-0.1, -0.05) is 12.5 Å². The van der Waals surface area contributed by atoms with Crippen LogP contribution in [0.3, 0.4) is 0 Å². The van der Waals surface area contributed by atoms with Gasteiger partial charge in [-0.05, 0) is 72.9 Å². The van der Waals surface area contributed by atoms with Crippen LogP contribution >= 0.6 is 0 Å². The van der Waals surface area contributed by atoms with Crippen molar-refractivity contribution in [2.75, 3.05) is 11.4 Å². The molecule has 1 aliphatic carbocycles. The van der Waals surface area contributed by atoms with E-state index in [1.54, 1.807) is 6.20 Å². The van der Waals surface area contributed by atoms with Gasteiger partial charge >= 0.3 is 6.09 Å². The number of amides is 1. The number of aromatic nitrogens is 1. The Morgan fingerprint density at radius 1 is 1.27 bits per heavy atom. The van der Waals surface area contributed by atoms with E-state index in [0.29, 0.717) is 12.1 Å². The normalized spacial score (nSPS) is 21.7. The van der Waals surface area contributed by atoms with Crippen molar-refractivity contribution in [1.29, 1.82) is 0 Å². The molecule has 1 aromatic heterocycles. The van der Waals surface area contributed by atoms with E-state index >= 15 is 0 Å². The van der Waals surface area contributed by atoms with Crippen molar-refractivity contribution in [2.45, 2.75) is 90.4 Å². The van der Waals surface area contributed by atoms with Crippen molar-refractivity contribution < 1.29 is 9.53 Å². The fourth-order valence-electron chi connectivity index (χ4n) is 3.83. The summed E-state index contributed by atoms with van der Waals surface area (Å²) in [5.74, 6) is 0.793. The summed E-state index contributed by atoms with van der Waals surface area (Å²) in [6, 6.07) is 5.15. The van der Waals surface area contributed by atoms with Crippen LogP contribution in [0.25, 0.3) is 0 Å². The van der Waals surface area contributed by atoms with Gasteiger partial charge in [0.15, 0.2) is 0 Å². The van der Waals surface area contributed by atoms with Crippen LogP contribution < -0.4 is 4.90 Å². The van der Waals surface area contributed by atoms with Crippen LogP contribution in [0.15, 0.2) is 18.3 Å². The lowest BCUT2D eigenvalue weighted by Gasteiger charge is -2.40. The summed E-state index contributed by atoms with van der Waals surface area (Å²) < 4.78 is 5.71. The minimum atomic E-state index is -0.506. The molecule has 26 heavy (non-hydrogen) atoms. The van der Waals surface area contributed by atoms with E-state index in [4.69, 9.17) is 4.74 Å². The van der Waals surface area contributed by atoms with Gasteiger partial charge in [-0.25, -0.2) is 9.78 Å². The highest BCUT2D eigenvalue weighted by Crippen LogP contribution is 2.40. The van der Waals surface area contributed by atoms with Crippen LogP contribution in [-0.4, -0.2) is 40.2 Å². The molecule has 1 atom stereocenters. The van der Waals surface area contributed by atoms with Gasteiger partial charge in [0.25, 0.3) is 0 Å². The molecular weight excluding hydrogens is 326 g/mol. The van der Waals surface area contributed by atoms with Gasteiger partial charge in [-0.2, -0.15) is 0 Å². The number of pyridine rings is 1. The second kappa shape index (κ2) is 7.55. The summed E-state index contributed by atoms with van der Waals surface area (Å²) in [5, 5.41) is 0. The third-order valence-electron chi connectivity index (χ3n) is 5.11. The monoisotopic (exact) mass is 359 g/mol. The minimum absolute atomic E-state index is 0.217. The molecule has 0 radical (unpaired) electrons. The number of carbonyl (C=O) groups is 1. The number of carbonyl (C=O) groups excluding carboxylic acids is 1. The second-order valence-corrected chi connectivity index (χ2v) is 8.84. The lowest BCUT2D eigenvalue weighted by atomic mass is 9.94. The number of piperidine rings is 1. The lowest BCUT2D eigenvalue weighted by Crippen LogP contribution is -2.42. The van der Waals surface area contributed by atoms with Crippen LogP contribution in [0.2, 0.25) is 0 Å². The zero-order valence-electron chi connectivity index (χ0n) is 16.9. The van der Waals surface area contributed by atoms with Crippen molar-refractivity contribution in [3.63, 3.8) is 0 Å². The van der Waals surface area contributed by atoms with E-state index in [-0.39, 0.29) is 12.1 Å². The SMILES string of the molecule is CC(C)N1CCCC[C@H]1c1cccnc1N(C(=O)OC(C)(C)C)C1CC1. The Hall–Kier alpha value is -1.62. The van der Waals surface area contributed by atoms with E-state index in [1.165, 1.54) is 18.4 Å². The van der Waals surface area contributed by atoms with Crippen molar-refractivity contribution in [2.24, 2.45) is 0 Å². The van der Waals surface area contributed by atoms with Gasteiger partial charge < -0.3 is 4.74 Å².